The summed E-state index contributed by atoms with van der Waals surface area (Å²) in [6, 6.07) is 7.28. The molecule has 0 bridgehead atoms. The van der Waals surface area contributed by atoms with Gasteiger partial charge in [0.15, 0.2) is 0 Å². The largest absolute Gasteiger partial charge is 0.387 e. The first kappa shape index (κ1) is 12.2. The summed E-state index contributed by atoms with van der Waals surface area (Å²) in [5.41, 5.74) is 3.53. The standard InChI is InChI=1S/C16H23NO/c1-10-6-7-11(2)13(8-10)16(18)15-9-12-4-3-5-14(12)17-15/h6-8,12,14-18H,3-5,9H2,1-2H3/t12-,14-,15+,16+/m1/s1. The Morgan fingerprint density at radius 1 is 1.28 bits per heavy atom. The van der Waals surface area contributed by atoms with Crippen molar-refractivity contribution < 1.29 is 5.11 Å². The van der Waals surface area contributed by atoms with Crippen molar-refractivity contribution in [3.05, 3.63) is 34.9 Å². The molecule has 1 aromatic rings. The Morgan fingerprint density at radius 3 is 2.89 bits per heavy atom. The lowest BCUT2D eigenvalue weighted by atomic mass is 9.93. The highest BCUT2D eigenvalue weighted by Gasteiger charge is 2.39. The minimum atomic E-state index is -0.351. The van der Waals surface area contributed by atoms with E-state index in [1.54, 1.807) is 0 Å². The first-order chi connectivity index (χ1) is 8.65. The van der Waals surface area contributed by atoms with Gasteiger partial charge < -0.3 is 10.4 Å². The van der Waals surface area contributed by atoms with E-state index in [0.717, 1.165) is 17.9 Å². The Bertz CT molecular complexity index is 431. The van der Waals surface area contributed by atoms with Crippen molar-refractivity contribution in [1.82, 2.24) is 5.32 Å². The van der Waals surface area contributed by atoms with Crippen molar-refractivity contribution in [2.75, 3.05) is 0 Å². The highest BCUT2D eigenvalue weighted by molar-refractivity contribution is 5.33. The molecule has 1 heterocycles. The van der Waals surface area contributed by atoms with Gasteiger partial charge in [0.1, 0.15) is 0 Å². The van der Waals surface area contributed by atoms with E-state index >= 15 is 0 Å². The second-order valence-corrected chi connectivity index (χ2v) is 6.11. The zero-order valence-corrected chi connectivity index (χ0v) is 11.3. The Balaban J connectivity index is 1.78. The van der Waals surface area contributed by atoms with Crippen LogP contribution in [-0.2, 0) is 0 Å². The number of fused-ring (bicyclic) bond motifs is 1. The van der Waals surface area contributed by atoms with Crippen molar-refractivity contribution in [2.24, 2.45) is 5.92 Å². The summed E-state index contributed by atoms with van der Waals surface area (Å²) in [5, 5.41) is 14.3. The maximum atomic E-state index is 10.6. The van der Waals surface area contributed by atoms with Crippen molar-refractivity contribution in [3.8, 4) is 0 Å². The summed E-state index contributed by atoms with van der Waals surface area (Å²) in [4.78, 5) is 0. The lowest BCUT2D eigenvalue weighted by Gasteiger charge is -2.22. The lowest BCUT2D eigenvalue weighted by Crippen LogP contribution is -2.34. The number of nitrogens with one attached hydrogen (secondary N) is 1. The zero-order chi connectivity index (χ0) is 12.7. The molecule has 3 rings (SSSR count). The molecule has 2 N–H and O–H groups in total. The van der Waals surface area contributed by atoms with E-state index in [1.165, 1.54) is 30.4 Å². The number of benzene rings is 1. The second kappa shape index (κ2) is 4.67. The van der Waals surface area contributed by atoms with Crippen LogP contribution in [0.3, 0.4) is 0 Å². The molecule has 4 atom stereocenters. The van der Waals surface area contributed by atoms with E-state index in [9.17, 15) is 5.11 Å². The topological polar surface area (TPSA) is 32.3 Å². The third-order valence-corrected chi connectivity index (χ3v) is 4.78. The van der Waals surface area contributed by atoms with Crippen LogP contribution in [0.2, 0.25) is 0 Å². The Morgan fingerprint density at radius 2 is 2.11 bits per heavy atom. The Kier molecular flexibility index (Phi) is 3.16. The van der Waals surface area contributed by atoms with Gasteiger partial charge in [-0.3, -0.25) is 0 Å². The van der Waals surface area contributed by atoms with Gasteiger partial charge in [0.05, 0.1) is 6.10 Å². The summed E-state index contributed by atoms with van der Waals surface area (Å²) in [6.07, 6.45) is 4.78. The maximum absolute atomic E-state index is 10.6. The van der Waals surface area contributed by atoms with E-state index in [-0.39, 0.29) is 12.1 Å². The molecule has 1 saturated heterocycles. The highest BCUT2D eigenvalue weighted by atomic mass is 16.3. The van der Waals surface area contributed by atoms with Crippen LogP contribution in [0, 0.1) is 19.8 Å². The summed E-state index contributed by atoms with van der Waals surface area (Å²) in [5.74, 6) is 0.801. The average molecular weight is 245 g/mol. The third kappa shape index (κ3) is 2.08. The van der Waals surface area contributed by atoms with E-state index in [2.05, 4.69) is 37.4 Å². The van der Waals surface area contributed by atoms with Crippen molar-refractivity contribution in [2.45, 2.75) is 57.7 Å². The quantitative estimate of drug-likeness (QED) is 0.839. The fourth-order valence-electron chi connectivity index (χ4n) is 3.72. The van der Waals surface area contributed by atoms with E-state index in [1.807, 2.05) is 0 Å². The molecule has 0 radical (unpaired) electrons. The van der Waals surface area contributed by atoms with E-state index in [4.69, 9.17) is 0 Å². The average Bonchev–Trinajstić information content (AvgIpc) is 2.91. The van der Waals surface area contributed by atoms with Crippen LogP contribution in [0.25, 0.3) is 0 Å². The lowest BCUT2D eigenvalue weighted by molar-refractivity contribution is 0.132. The molecule has 2 nitrogen and oxygen atoms in total. The number of aliphatic hydroxyl groups excluding tert-OH is 1. The van der Waals surface area contributed by atoms with Gasteiger partial charge in [0, 0.05) is 12.1 Å². The van der Waals surface area contributed by atoms with Gasteiger partial charge in [-0.2, -0.15) is 0 Å². The molecule has 1 saturated carbocycles. The van der Waals surface area contributed by atoms with Crippen LogP contribution in [0.5, 0.6) is 0 Å². The van der Waals surface area contributed by atoms with Crippen LogP contribution in [-0.4, -0.2) is 17.2 Å². The number of hydrogen-bond donors (Lipinski definition) is 2. The van der Waals surface area contributed by atoms with Crippen LogP contribution < -0.4 is 5.32 Å². The molecular weight excluding hydrogens is 222 g/mol. The molecule has 0 aromatic heterocycles. The van der Waals surface area contributed by atoms with E-state index in [0.29, 0.717) is 6.04 Å². The van der Waals surface area contributed by atoms with Gasteiger partial charge in [-0.15, -0.1) is 0 Å². The van der Waals surface area contributed by atoms with Gasteiger partial charge in [-0.1, -0.05) is 30.2 Å². The van der Waals surface area contributed by atoms with Gasteiger partial charge in [0.25, 0.3) is 0 Å². The van der Waals surface area contributed by atoms with Crippen LogP contribution in [0.4, 0.5) is 0 Å². The molecule has 18 heavy (non-hydrogen) atoms. The Labute approximate surface area is 109 Å². The molecule has 2 aliphatic rings. The number of aryl methyl sites for hydroxylation is 2. The summed E-state index contributed by atoms with van der Waals surface area (Å²) in [7, 11) is 0. The number of aliphatic hydroxyl groups is 1. The Hall–Kier alpha value is -0.860. The van der Waals surface area contributed by atoms with Gasteiger partial charge >= 0.3 is 0 Å². The first-order valence-corrected chi connectivity index (χ1v) is 7.16. The van der Waals surface area contributed by atoms with Gasteiger partial charge in [-0.05, 0) is 50.2 Å². The predicted molar refractivity (Wildman–Crippen MR) is 73.5 cm³/mol. The number of hydrogen-bond acceptors (Lipinski definition) is 2. The molecule has 0 amide bonds. The molecule has 1 aromatic carbocycles. The molecule has 2 fully saturated rings. The van der Waals surface area contributed by atoms with Crippen molar-refractivity contribution in [3.63, 3.8) is 0 Å². The summed E-state index contributed by atoms with van der Waals surface area (Å²) in [6.45, 7) is 4.18. The summed E-state index contributed by atoms with van der Waals surface area (Å²) >= 11 is 0. The van der Waals surface area contributed by atoms with Gasteiger partial charge in [-0.25, -0.2) is 0 Å². The summed E-state index contributed by atoms with van der Waals surface area (Å²) < 4.78 is 0. The molecule has 1 aliphatic heterocycles. The third-order valence-electron chi connectivity index (χ3n) is 4.78. The monoisotopic (exact) mass is 245 g/mol. The zero-order valence-electron chi connectivity index (χ0n) is 11.3. The maximum Gasteiger partial charge on any atom is 0.0945 e. The van der Waals surface area contributed by atoms with Crippen LogP contribution >= 0.6 is 0 Å². The molecule has 0 unspecified atom stereocenters. The molecule has 0 spiro atoms. The normalized spacial score (nSPS) is 32.5. The van der Waals surface area contributed by atoms with E-state index < -0.39 is 0 Å². The highest BCUT2D eigenvalue weighted by Crippen LogP contribution is 2.38. The van der Waals surface area contributed by atoms with Crippen LogP contribution in [0.15, 0.2) is 18.2 Å². The van der Waals surface area contributed by atoms with Crippen molar-refractivity contribution >= 4 is 0 Å². The predicted octanol–water partition coefficient (Wildman–Crippen LogP) is 2.87. The minimum Gasteiger partial charge on any atom is -0.387 e. The van der Waals surface area contributed by atoms with Gasteiger partial charge in [0.2, 0.25) is 0 Å². The smallest absolute Gasteiger partial charge is 0.0945 e. The molecule has 2 heteroatoms. The van der Waals surface area contributed by atoms with Crippen LogP contribution in [0.1, 0.15) is 48.5 Å². The second-order valence-electron chi connectivity index (χ2n) is 6.11. The van der Waals surface area contributed by atoms with Crippen molar-refractivity contribution in [1.29, 1.82) is 0 Å². The fraction of sp³-hybridized carbons (Fsp3) is 0.625. The SMILES string of the molecule is Cc1ccc(C)c([C@H](O)[C@@H]2C[C@H]3CCC[C@H]3N2)c1. The molecular formula is C16H23NO. The first-order valence-electron chi connectivity index (χ1n) is 7.16. The molecule has 1 aliphatic carbocycles. The fourth-order valence-corrected chi connectivity index (χ4v) is 3.72. The minimum absolute atomic E-state index is 0.251. The number of rotatable bonds is 2. The molecule has 98 valence electrons.